The highest BCUT2D eigenvalue weighted by Crippen LogP contribution is 2.23. The third-order valence-corrected chi connectivity index (χ3v) is 3.64. The molecule has 1 heterocycles. The second-order valence-corrected chi connectivity index (χ2v) is 5.70. The summed E-state index contributed by atoms with van der Waals surface area (Å²) in [6.45, 7) is -0.368. The minimum absolute atomic E-state index is 0.304. The Labute approximate surface area is 145 Å². The highest BCUT2D eigenvalue weighted by Gasteiger charge is 2.21. The van der Waals surface area contributed by atoms with Gasteiger partial charge in [0.15, 0.2) is 6.61 Å². The molecule has 0 unspecified atom stereocenters. The standard InChI is InChI=1S/C18H19N3O4/c1-24-15-7-5-14(6-8-15)21-17(22)11-25-18(23)12-2-9-16(19-10-12)20-13-3-4-13/h2,5-10,13H,3-4,11H2,1H3,(H,19,20)(H,21,22). The summed E-state index contributed by atoms with van der Waals surface area (Å²) in [6.07, 6.45) is 3.73. The van der Waals surface area contributed by atoms with E-state index in [-0.39, 0.29) is 6.61 Å². The Bertz CT molecular complexity index is 740. The van der Waals surface area contributed by atoms with Crippen molar-refractivity contribution >= 4 is 23.4 Å². The highest BCUT2D eigenvalue weighted by atomic mass is 16.5. The summed E-state index contributed by atoms with van der Waals surface area (Å²) in [7, 11) is 1.57. The number of carbonyl (C=O) groups is 2. The monoisotopic (exact) mass is 341 g/mol. The molecule has 0 saturated heterocycles. The Hall–Kier alpha value is -3.09. The average Bonchev–Trinajstić information content (AvgIpc) is 3.45. The van der Waals surface area contributed by atoms with Crippen LogP contribution < -0.4 is 15.4 Å². The van der Waals surface area contributed by atoms with E-state index in [1.807, 2.05) is 0 Å². The van der Waals surface area contributed by atoms with Crippen LogP contribution in [0.2, 0.25) is 0 Å². The lowest BCUT2D eigenvalue weighted by Crippen LogP contribution is -2.21. The van der Waals surface area contributed by atoms with Gasteiger partial charge < -0.3 is 20.1 Å². The third kappa shape index (κ3) is 4.94. The number of anilines is 2. The molecule has 7 nitrogen and oxygen atoms in total. The number of nitrogens with zero attached hydrogens (tertiary/aromatic N) is 1. The lowest BCUT2D eigenvalue weighted by atomic mass is 10.3. The van der Waals surface area contributed by atoms with Gasteiger partial charge in [0.2, 0.25) is 0 Å². The van der Waals surface area contributed by atoms with E-state index in [0.29, 0.717) is 23.0 Å². The molecule has 1 fully saturated rings. The van der Waals surface area contributed by atoms with Gasteiger partial charge in [-0.15, -0.1) is 0 Å². The van der Waals surface area contributed by atoms with Crippen molar-refractivity contribution in [3.8, 4) is 5.75 Å². The van der Waals surface area contributed by atoms with Crippen molar-refractivity contribution in [2.45, 2.75) is 18.9 Å². The van der Waals surface area contributed by atoms with Crippen LogP contribution in [0.5, 0.6) is 5.75 Å². The zero-order valence-corrected chi connectivity index (χ0v) is 13.8. The van der Waals surface area contributed by atoms with E-state index in [0.717, 1.165) is 18.7 Å². The Kier molecular flexibility index (Phi) is 5.13. The van der Waals surface area contributed by atoms with Crippen LogP contribution in [0.4, 0.5) is 11.5 Å². The Morgan fingerprint density at radius 1 is 1.16 bits per heavy atom. The fraction of sp³-hybridized carbons (Fsp3) is 0.278. The number of aromatic nitrogens is 1. The largest absolute Gasteiger partial charge is 0.497 e. The summed E-state index contributed by atoms with van der Waals surface area (Å²) in [5, 5.41) is 5.87. The molecule has 0 radical (unpaired) electrons. The number of pyridine rings is 1. The lowest BCUT2D eigenvalue weighted by molar-refractivity contribution is -0.119. The Balaban J connectivity index is 1.46. The average molecular weight is 341 g/mol. The van der Waals surface area contributed by atoms with Crippen LogP contribution in [0.25, 0.3) is 0 Å². The molecule has 7 heteroatoms. The van der Waals surface area contributed by atoms with Gasteiger partial charge in [-0.3, -0.25) is 4.79 Å². The molecule has 2 aromatic rings. The van der Waals surface area contributed by atoms with Gasteiger partial charge in [-0.25, -0.2) is 9.78 Å². The maximum atomic E-state index is 12.0. The van der Waals surface area contributed by atoms with Crippen LogP contribution in [-0.2, 0) is 9.53 Å². The highest BCUT2D eigenvalue weighted by molar-refractivity contribution is 5.95. The van der Waals surface area contributed by atoms with E-state index in [1.54, 1.807) is 43.5 Å². The second-order valence-electron chi connectivity index (χ2n) is 5.70. The number of nitrogens with one attached hydrogen (secondary N) is 2. The van der Waals surface area contributed by atoms with E-state index >= 15 is 0 Å². The van der Waals surface area contributed by atoms with Gasteiger partial charge in [0.1, 0.15) is 11.6 Å². The second kappa shape index (κ2) is 7.65. The number of esters is 1. The molecule has 3 rings (SSSR count). The smallest absolute Gasteiger partial charge is 0.340 e. The predicted molar refractivity (Wildman–Crippen MR) is 92.8 cm³/mol. The molecule has 1 aromatic heterocycles. The number of carbonyl (C=O) groups excluding carboxylic acids is 2. The van der Waals surface area contributed by atoms with E-state index in [1.165, 1.54) is 6.20 Å². The number of hydrogen-bond donors (Lipinski definition) is 2. The van der Waals surface area contributed by atoms with Gasteiger partial charge in [-0.05, 0) is 49.2 Å². The van der Waals surface area contributed by atoms with Crippen molar-refractivity contribution < 1.29 is 19.1 Å². The zero-order valence-electron chi connectivity index (χ0n) is 13.8. The SMILES string of the molecule is COc1ccc(NC(=O)COC(=O)c2ccc(NC3CC3)nc2)cc1. The minimum Gasteiger partial charge on any atom is -0.497 e. The van der Waals surface area contributed by atoms with Gasteiger partial charge in [-0.1, -0.05) is 0 Å². The summed E-state index contributed by atoms with van der Waals surface area (Å²) in [5.74, 6) is 0.418. The maximum absolute atomic E-state index is 12.0. The first-order valence-electron chi connectivity index (χ1n) is 7.97. The van der Waals surface area contributed by atoms with Gasteiger partial charge in [0, 0.05) is 17.9 Å². The normalized spacial score (nSPS) is 13.0. The van der Waals surface area contributed by atoms with Crippen molar-refractivity contribution in [1.29, 1.82) is 0 Å². The Morgan fingerprint density at radius 2 is 1.92 bits per heavy atom. The van der Waals surface area contributed by atoms with Crippen LogP contribution in [0.1, 0.15) is 23.2 Å². The number of amides is 1. The molecular weight excluding hydrogens is 322 g/mol. The van der Waals surface area contributed by atoms with Gasteiger partial charge in [-0.2, -0.15) is 0 Å². The summed E-state index contributed by atoms with van der Waals surface area (Å²) >= 11 is 0. The first kappa shape index (κ1) is 16.8. The van der Waals surface area contributed by atoms with Gasteiger partial charge in [0.05, 0.1) is 12.7 Å². The molecule has 25 heavy (non-hydrogen) atoms. The van der Waals surface area contributed by atoms with Crippen LogP contribution in [0.15, 0.2) is 42.6 Å². The van der Waals surface area contributed by atoms with E-state index in [9.17, 15) is 9.59 Å². The van der Waals surface area contributed by atoms with Crippen LogP contribution >= 0.6 is 0 Å². The Morgan fingerprint density at radius 3 is 2.52 bits per heavy atom. The molecule has 0 bridgehead atoms. The van der Waals surface area contributed by atoms with Crippen molar-refractivity contribution in [3.05, 3.63) is 48.2 Å². The lowest BCUT2D eigenvalue weighted by Gasteiger charge is -2.08. The van der Waals surface area contributed by atoms with Crippen LogP contribution in [0.3, 0.4) is 0 Å². The maximum Gasteiger partial charge on any atom is 0.340 e. The molecule has 1 amide bonds. The fourth-order valence-electron chi connectivity index (χ4n) is 2.12. The predicted octanol–water partition coefficient (Wildman–Crippen LogP) is 2.46. The van der Waals surface area contributed by atoms with E-state index < -0.39 is 11.9 Å². The zero-order chi connectivity index (χ0) is 17.6. The van der Waals surface area contributed by atoms with Gasteiger partial charge in [0.25, 0.3) is 5.91 Å². The number of benzene rings is 1. The van der Waals surface area contributed by atoms with Crippen molar-refractivity contribution in [1.82, 2.24) is 4.98 Å². The van der Waals surface area contributed by atoms with Crippen molar-refractivity contribution in [2.24, 2.45) is 0 Å². The van der Waals surface area contributed by atoms with Crippen LogP contribution in [0, 0.1) is 0 Å². The molecule has 0 atom stereocenters. The summed E-state index contributed by atoms with van der Waals surface area (Å²) in [6, 6.07) is 10.7. The molecule has 1 aromatic carbocycles. The molecule has 0 spiro atoms. The van der Waals surface area contributed by atoms with Crippen LogP contribution in [-0.4, -0.2) is 36.6 Å². The third-order valence-electron chi connectivity index (χ3n) is 3.64. The topological polar surface area (TPSA) is 89.5 Å². The minimum atomic E-state index is -0.588. The summed E-state index contributed by atoms with van der Waals surface area (Å²) in [4.78, 5) is 28.0. The first-order valence-corrected chi connectivity index (χ1v) is 7.97. The molecular formula is C18H19N3O4. The summed E-state index contributed by atoms with van der Waals surface area (Å²) < 4.78 is 10.0. The number of rotatable bonds is 7. The first-order chi connectivity index (χ1) is 12.1. The van der Waals surface area contributed by atoms with Gasteiger partial charge >= 0.3 is 5.97 Å². The molecule has 2 N–H and O–H groups in total. The number of hydrogen-bond acceptors (Lipinski definition) is 6. The molecule has 1 aliphatic rings. The molecule has 1 aliphatic carbocycles. The summed E-state index contributed by atoms with van der Waals surface area (Å²) in [5.41, 5.74) is 0.901. The van der Waals surface area contributed by atoms with E-state index in [4.69, 9.17) is 9.47 Å². The fourth-order valence-corrected chi connectivity index (χ4v) is 2.12. The molecule has 130 valence electrons. The number of ether oxygens (including phenoxy) is 2. The molecule has 1 saturated carbocycles. The van der Waals surface area contributed by atoms with Crippen molar-refractivity contribution in [2.75, 3.05) is 24.4 Å². The quantitative estimate of drug-likeness (QED) is 0.752. The van der Waals surface area contributed by atoms with Crippen molar-refractivity contribution in [3.63, 3.8) is 0 Å². The van der Waals surface area contributed by atoms with E-state index in [2.05, 4.69) is 15.6 Å². The number of methoxy groups -OCH3 is 1. The molecule has 0 aliphatic heterocycles.